The van der Waals surface area contributed by atoms with Crippen LogP contribution in [0.3, 0.4) is 0 Å². The third kappa shape index (κ3) is 5.52. The molecule has 1 aliphatic rings. The molecule has 174 valence electrons. The molecule has 1 fully saturated rings. The Balaban J connectivity index is 1.65. The number of benzene rings is 2. The quantitative estimate of drug-likeness (QED) is 0.565. The molecular weight excluding hydrogens is 428 g/mol. The maximum absolute atomic E-state index is 12.8. The van der Waals surface area contributed by atoms with E-state index in [9.17, 15) is 13.2 Å². The molecule has 1 heterocycles. The van der Waals surface area contributed by atoms with Crippen LogP contribution in [0, 0.1) is 0 Å². The van der Waals surface area contributed by atoms with Crippen LogP contribution in [0.15, 0.2) is 47.4 Å². The molecule has 0 unspecified atom stereocenters. The minimum Gasteiger partial charge on any atom is -0.495 e. The van der Waals surface area contributed by atoms with E-state index in [-0.39, 0.29) is 17.3 Å². The van der Waals surface area contributed by atoms with Crippen molar-refractivity contribution in [2.24, 2.45) is 0 Å². The maximum atomic E-state index is 12.8. The summed E-state index contributed by atoms with van der Waals surface area (Å²) in [5.41, 5.74) is 2.32. The van der Waals surface area contributed by atoms with E-state index in [1.54, 1.807) is 19.9 Å². The SMILES string of the molecule is CCN(CC)S(=O)(=O)c1ccc(OC)c(NCC(=O)Nc2ccc(N3CCCC3)cc2)c1. The lowest BCUT2D eigenvalue weighted by Gasteiger charge is -2.20. The number of ether oxygens (including phenoxy) is 1. The van der Waals surface area contributed by atoms with Crippen LogP contribution in [0.4, 0.5) is 17.1 Å². The number of hydrogen-bond acceptors (Lipinski definition) is 6. The first-order chi connectivity index (χ1) is 15.4. The van der Waals surface area contributed by atoms with E-state index in [4.69, 9.17) is 4.74 Å². The molecule has 1 amide bonds. The van der Waals surface area contributed by atoms with Crippen LogP contribution in [-0.4, -0.2) is 58.5 Å². The van der Waals surface area contributed by atoms with Gasteiger partial charge in [-0.05, 0) is 55.3 Å². The molecule has 0 atom stereocenters. The highest BCUT2D eigenvalue weighted by molar-refractivity contribution is 7.89. The molecule has 0 saturated carbocycles. The Morgan fingerprint density at radius 1 is 1.06 bits per heavy atom. The lowest BCUT2D eigenvalue weighted by Crippen LogP contribution is -2.30. The van der Waals surface area contributed by atoms with Crippen molar-refractivity contribution in [3.8, 4) is 5.75 Å². The number of sulfonamides is 1. The van der Waals surface area contributed by atoms with Crippen molar-refractivity contribution in [2.45, 2.75) is 31.6 Å². The van der Waals surface area contributed by atoms with E-state index in [0.717, 1.165) is 18.8 Å². The maximum Gasteiger partial charge on any atom is 0.243 e. The summed E-state index contributed by atoms with van der Waals surface area (Å²) in [5, 5.41) is 5.86. The van der Waals surface area contributed by atoms with Crippen molar-refractivity contribution < 1.29 is 17.9 Å². The fraction of sp³-hybridized carbons (Fsp3) is 0.435. The summed E-state index contributed by atoms with van der Waals surface area (Å²) in [7, 11) is -2.11. The molecule has 2 aromatic rings. The van der Waals surface area contributed by atoms with Crippen LogP contribution >= 0.6 is 0 Å². The molecule has 8 nitrogen and oxygen atoms in total. The summed E-state index contributed by atoms with van der Waals surface area (Å²) in [6.45, 7) is 6.47. The highest BCUT2D eigenvalue weighted by Crippen LogP contribution is 2.29. The fourth-order valence-corrected chi connectivity index (χ4v) is 5.29. The Labute approximate surface area is 190 Å². The van der Waals surface area contributed by atoms with Gasteiger partial charge in [0, 0.05) is 37.6 Å². The minimum absolute atomic E-state index is 0.0288. The van der Waals surface area contributed by atoms with Gasteiger partial charge in [0.15, 0.2) is 0 Å². The standard InChI is InChI=1S/C23H32N4O4S/c1-4-27(5-2)32(29,30)20-12-13-22(31-3)21(16-20)24-17-23(28)25-18-8-10-19(11-9-18)26-14-6-7-15-26/h8-13,16,24H,4-7,14-15,17H2,1-3H3,(H,25,28). The number of carbonyl (C=O) groups excluding carboxylic acids is 1. The average Bonchev–Trinajstić information content (AvgIpc) is 3.33. The van der Waals surface area contributed by atoms with Crippen molar-refractivity contribution in [1.29, 1.82) is 0 Å². The Bertz CT molecular complexity index is 1010. The van der Waals surface area contributed by atoms with E-state index < -0.39 is 10.0 Å². The number of hydrogen-bond donors (Lipinski definition) is 2. The van der Waals surface area contributed by atoms with E-state index in [1.807, 2.05) is 24.3 Å². The predicted molar refractivity (Wildman–Crippen MR) is 128 cm³/mol. The first-order valence-electron chi connectivity index (χ1n) is 11.0. The third-order valence-electron chi connectivity index (χ3n) is 5.58. The fourth-order valence-electron chi connectivity index (χ4n) is 3.81. The Hall–Kier alpha value is -2.78. The van der Waals surface area contributed by atoms with E-state index in [1.165, 1.54) is 36.4 Å². The normalized spacial score (nSPS) is 13.9. The highest BCUT2D eigenvalue weighted by atomic mass is 32.2. The number of carbonyl (C=O) groups is 1. The van der Waals surface area contributed by atoms with Gasteiger partial charge < -0.3 is 20.3 Å². The summed E-state index contributed by atoms with van der Waals surface area (Å²) in [5.74, 6) is 0.226. The van der Waals surface area contributed by atoms with Gasteiger partial charge >= 0.3 is 0 Å². The van der Waals surface area contributed by atoms with Crippen LogP contribution in [-0.2, 0) is 14.8 Å². The molecule has 32 heavy (non-hydrogen) atoms. The summed E-state index contributed by atoms with van der Waals surface area (Å²) in [6.07, 6.45) is 2.43. The first kappa shape index (κ1) is 23.9. The van der Waals surface area contributed by atoms with Gasteiger partial charge in [-0.15, -0.1) is 0 Å². The molecule has 0 bridgehead atoms. The second kappa shape index (κ2) is 10.7. The molecule has 9 heteroatoms. The van der Waals surface area contributed by atoms with Crippen LogP contribution < -0.4 is 20.3 Å². The molecule has 1 saturated heterocycles. The molecule has 2 aromatic carbocycles. The summed E-state index contributed by atoms with van der Waals surface area (Å²) in [6, 6.07) is 12.4. The third-order valence-corrected chi connectivity index (χ3v) is 7.62. The largest absolute Gasteiger partial charge is 0.495 e. The van der Waals surface area contributed by atoms with Gasteiger partial charge in [-0.2, -0.15) is 4.31 Å². The second-order valence-electron chi connectivity index (χ2n) is 7.59. The van der Waals surface area contributed by atoms with Crippen molar-refractivity contribution in [3.05, 3.63) is 42.5 Å². The summed E-state index contributed by atoms with van der Waals surface area (Å²) >= 11 is 0. The lowest BCUT2D eigenvalue weighted by atomic mass is 10.2. The van der Waals surface area contributed by atoms with Gasteiger partial charge in [0.1, 0.15) is 5.75 Å². The number of nitrogens with zero attached hydrogens (tertiary/aromatic N) is 2. The van der Waals surface area contributed by atoms with Gasteiger partial charge in [-0.25, -0.2) is 8.42 Å². The van der Waals surface area contributed by atoms with Crippen molar-refractivity contribution in [3.63, 3.8) is 0 Å². The minimum atomic E-state index is -3.61. The van der Waals surface area contributed by atoms with Crippen molar-refractivity contribution >= 4 is 33.0 Å². The zero-order valence-corrected chi connectivity index (χ0v) is 19.7. The van der Waals surface area contributed by atoms with Gasteiger partial charge in [-0.3, -0.25) is 4.79 Å². The number of nitrogens with one attached hydrogen (secondary N) is 2. The van der Waals surface area contributed by atoms with E-state index in [0.29, 0.717) is 30.2 Å². The number of amides is 1. The zero-order valence-electron chi connectivity index (χ0n) is 18.9. The molecule has 1 aliphatic heterocycles. The molecule has 0 aromatic heterocycles. The van der Waals surface area contributed by atoms with Crippen molar-refractivity contribution in [2.75, 3.05) is 55.4 Å². The zero-order chi connectivity index (χ0) is 23.1. The van der Waals surface area contributed by atoms with Gasteiger partial charge in [0.05, 0.1) is 24.2 Å². The van der Waals surface area contributed by atoms with Crippen LogP contribution in [0.2, 0.25) is 0 Å². The van der Waals surface area contributed by atoms with Crippen LogP contribution in [0.1, 0.15) is 26.7 Å². The molecular formula is C23H32N4O4S. The van der Waals surface area contributed by atoms with Gasteiger partial charge in [-0.1, -0.05) is 13.8 Å². The highest BCUT2D eigenvalue weighted by Gasteiger charge is 2.23. The van der Waals surface area contributed by atoms with Gasteiger partial charge in [0.25, 0.3) is 0 Å². The lowest BCUT2D eigenvalue weighted by molar-refractivity contribution is -0.114. The average molecular weight is 461 g/mol. The summed E-state index contributed by atoms with van der Waals surface area (Å²) < 4.78 is 32.4. The van der Waals surface area contributed by atoms with Crippen molar-refractivity contribution in [1.82, 2.24) is 4.31 Å². The predicted octanol–water partition coefficient (Wildman–Crippen LogP) is 3.38. The Morgan fingerprint density at radius 2 is 1.72 bits per heavy atom. The first-order valence-corrected chi connectivity index (χ1v) is 12.4. The molecule has 0 aliphatic carbocycles. The smallest absolute Gasteiger partial charge is 0.243 e. The summed E-state index contributed by atoms with van der Waals surface area (Å²) in [4.78, 5) is 14.9. The van der Waals surface area contributed by atoms with Crippen LogP contribution in [0.25, 0.3) is 0 Å². The molecule has 2 N–H and O–H groups in total. The Morgan fingerprint density at radius 3 is 2.31 bits per heavy atom. The molecule has 0 spiro atoms. The second-order valence-corrected chi connectivity index (χ2v) is 9.53. The topological polar surface area (TPSA) is 91.0 Å². The van der Waals surface area contributed by atoms with Crippen LogP contribution in [0.5, 0.6) is 5.75 Å². The monoisotopic (exact) mass is 460 g/mol. The molecule has 3 rings (SSSR count). The van der Waals surface area contributed by atoms with Gasteiger partial charge in [0.2, 0.25) is 15.9 Å². The van der Waals surface area contributed by atoms with E-state index in [2.05, 4.69) is 15.5 Å². The number of anilines is 3. The molecule has 0 radical (unpaired) electrons. The number of methoxy groups -OCH3 is 1. The Kier molecular flexibility index (Phi) is 7.98. The number of rotatable bonds is 10. The van der Waals surface area contributed by atoms with E-state index >= 15 is 0 Å².